The van der Waals surface area contributed by atoms with Crippen molar-refractivity contribution in [3.63, 3.8) is 0 Å². The molecule has 0 bridgehead atoms. The Balaban J connectivity index is 2.12. The molecule has 0 fully saturated rings. The topological polar surface area (TPSA) is 42.4 Å². The average Bonchev–Trinajstić information content (AvgIpc) is 2.39. The first-order chi connectivity index (χ1) is 9.10. The zero-order chi connectivity index (χ0) is 13.8. The predicted molar refractivity (Wildman–Crippen MR) is 81.3 cm³/mol. The van der Waals surface area contributed by atoms with Crippen LogP contribution in [0.2, 0.25) is 0 Å². The Morgan fingerprint density at radius 3 is 2.63 bits per heavy atom. The van der Waals surface area contributed by atoms with Crippen molar-refractivity contribution in [1.82, 2.24) is 4.98 Å². The van der Waals surface area contributed by atoms with Gasteiger partial charge in [0.15, 0.2) is 0 Å². The van der Waals surface area contributed by atoms with Crippen molar-refractivity contribution in [2.24, 2.45) is 0 Å². The predicted octanol–water partition coefficient (Wildman–Crippen LogP) is 3.89. The van der Waals surface area contributed by atoms with Crippen molar-refractivity contribution in [3.05, 3.63) is 56.7 Å². The van der Waals surface area contributed by atoms with E-state index in [9.17, 15) is 5.11 Å². The molecular formula is C14H13Br2NO2. The van der Waals surface area contributed by atoms with Gasteiger partial charge in [-0.2, -0.15) is 0 Å². The van der Waals surface area contributed by atoms with Gasteiger partial charge in [-0.15, -0.1) is 0 Å². The fraction of sp³-hybridized carbons (Fsp3) is 0.214. The summed E-state index contributed by atoms with van der Waals surface area (Å²) in [5.74, 6) is 0.778. The molecule has 0 saturated heterocycles. The summed E-state index contributed by atoms with van der Waals surface area (Å²) in [6.45, 7) is 0. The summed E-state index contributed by atoms with van der Waals surface area (Å²) in [5.41, 5.74) is 1.68. The van der Waals surface area contributed by atoms with Crippen molar-refractivity contribution in [2.45, 2.75) is 12.5 Å². The molecule has 100 valence electrons. The third kappa shape index (κ3) is 3.78. The first-order valence-corrected chi connectivity index (χ1v) is 7.30. The second-order valence-electron chi connectivity index (χ2n) is 4.09. The van der Waals surface area contributed by atoms with Gasteiger partial charge in [0.1, 0.15) is 5.75 Å². The van der Waals surface area contributed by atoms with Crippen molar-refractivity contribution >= 4 is 31.9 Å². The molecule has 1 unspecified atom stereocenters. The van der Waals surface area contributed by atoms with Crippen molar-refractivity contribution in [3.8, 4) is 5.75 Å². The molecule has 1 atom stereocenters. The minimum atomic E-state index is -0.617. The van der Waals surface area contributed by atoms with Gasteiger partial charge in [0, 0.05) is 17.1 Å². The number of aromatic nitrogens is 1. The van der Waals surface area contributed by atoms with Crippen LogP contribution in [0.1, 0.15) is 17.4 Å². The quantitative estimate of drug-likeness (QED) is 0.866. The number of hydrogen-bond donors (Lipinski definition) is 1. The maximum Gasteiger partial charge on any atom is 0.133 e. The van der Waals surface area contributed by atoms with Crippen LogP contribution in [0.25, 0.3) is 0 Å². The smallest absolute Gasteiger partial charge is 0.133 e. The van der Waals surface area contributed by atoms with E-state index in [0.717, 1.165) is 20.3 Å². The summed E-state index contributed by atoms with van der Waals surface area (Å²) in [5, 5.41) is 10.2. The SMILES string of the molecule is COc1ccc(CC(O)c2ccc(Br)cn2)cc1Br. The average molecular weight is 387 g/mol. The van der Waals surface area contributed by atoms with Crippen LogP contribution in [-0.2, 0) is 6.42 Å². The molecule has 2 rings (SSSR count). The molecule has 0 amide bonds. The standard InChI is InChI=1S/C14H13Br2NO2/c1-19-14-5-2-9(6-11(14)16)7-13(18)12-4-3-10(15)8-17-12/h2-6,8,13,18H,7H2,1H3. The van der Waals surface area contributed by atoms with E-state index < -0.39 is 6.10 Å². The Hall–Kier alpha value is -0.910. The fourth-order valence-electron chi connectivity index (χ4n) is 1.75. The molecule has 2 aromatic rings. The summed E-state index contributed by atoms with van der Waals surface area (Å²) in [7, 11) is 1.63. The van der Waals surface area contributed by atoms with Gasteiger partial charge >= 0.3 is 0 Å². The van der Waals surface area contributed by atoms with Gasteiger partial charge in [-0.25, -0.2) is 0 Å². The molecule has 5 heteroatoms. The second kappa shape index (κ2) is 6.50. The molecule has 0 radical (unpaired) electrons. The van der Waals surface area contributed by atoms with Gasteiger partial charge in [-0.1, -0.05) is 6.07 Å². The Morgan fingerprint density at radius 1 is 1.26 bits per heavy atom. The molecule has 1 aromatic heterocycles. The Morgan fingerprint density at radius 2 is 2.05 bits per heavy atom. The monoisotopic (exact) mass is 385 g/mol. The van der Waals surface area contributed by atoms with Gasteiger partial charge < -0.3 is 9.84 Å². The number of pyridine rings is 1. The van der Waals surface area contributed by atoms with Crippen LogP contribution in [0.4, 0.5) is 0 Å². The largest absolute Gasteiger partial charge is 0.496 e. The summed E-state index contributed by atoms with van der Waals surface area (Å²) < 4.78 is 6.95. The van der Waals surface area contributed by atoms with Gasteiger partial charge in [0.25, 0.3) is 0 Å². The van der Waals surface area contributed by atoms with Crippen LogP contribution in [-0.4, -0.2) is 17.2 Å². The third-order valence-corrected chi connectivity index (χ3v) is 3.83. The summed E-state index contributed by atoms with van der Waals surface area (Å²) in [6.07, 6.45) is 1.58. The van der Waals surface area contributed by atoms with Gasteiger partial charge in [-0.3, -0.25) is 4.98 Å². The van der Waals surface area contributed by atoms with E-state index in [2.05, 4.69) is 36.8 Å². The lowest BCUT2D eigenvalue weighted by Gasteiger charge is -2.11. The Kier molecular flexibility index (Phi) is 4.96. The maximum atomic E-state index is 10.2. The first-order valence-electron chi connectivity index (χ1n) is 5.72. The molecular weight excluding hydrogens is 374 g/mol. The molecule has 19 heavy (non-hydrogen) atoms. The zero-order valence-corrected chi connectivity index (χ0v) is 13.5. The Bertz CT molecular complexity index is 558. The molecule has 0 aliphatic heterocycles. The summed E-state index contributed by atoms with van der Waals surface area (Å²) in [4.78, 5) is 4.20. The van der Waals surface area contributed by atoms with Crippen LogP contribution in [0.3, 0.4) is 0 Å². The minimum absolute atomic E-state index is 0.511. The van der Waals surface area contributed by atoms with Crippen molar-refractivity contribution < 1.29 is 9.84 Å². The second-order valence-corrected chi connectivity index (χ2v) is 5.86. The highest BCUT2D eigenvalue weighted by molar-refractivity contribution is 9.10. The van der Waals surface area contributed by atoms with E-state index >= 15 is 0 Å². The van der Waals surface area contributed by atoms with Crippen molar-refractivity contribution in [1.29, 1.82) is 0 Å². The number of rotatable bonds is 4. The molecule has 1 aromatic carbocycles. The molecule has 1 heterocycles. The number of methoxy groups -OCH3 is 1. The highest BCUT2D eigenvalue weighted by atomic mass is 79.9. The molecule has 0 saturated carbocycles. The van der Waals surface area contributed by atoms with Crippen LogP contribution in [0.5, 0.6) is 5.75 Å². The molecule has 0 aliphatic carbocycles. The summed E-state index contributed by atoms with van der Waals surface area (Å²) >= 11 is 6.76. The highest BCUT2D eigenvalue weighted by Gasteiger charge is 2.11. The molecule has 0 spiro atoms. The van der Waals surface area contributed by atoms with Crippen LogP contribution in [0, 0.1) is 0 Å². The number of hydrogen-bond acceptors (Lipinski definition) is 3. The van der Waals surface area contributed by atoms with Gasteiger partial charge in [0.2, 0.25) is 0 Å². The van der Waals surface area contributed by atoms with E-state index in [0.29, 0.717) is 12.1 Å². The molecule has 0 aliphatic rings. The lowest BCUT2D eigenvalue weighted by atomic mass is 10.1. The van der Waals surface area contributed by atoms with Crippen molar-refractivity contribution in [2.75, 3.05) is 7.11 Å². The minimum Gasteiger partial charge on any atom is -0.496 e. The van der Waals surface area contributed by atoms with E-state index in [4.69, 9.17) is 4.74 Å². The van der Waals surface area contributed by atoms with Crippen LogP contribution >= 0.6 is 31.9 Å². The number of ether oxygens (including phenoxy) is 1. The number of halogens is 2. The lowest BCUT2D eigenvalue weighted by molar-refractivity contribution is 0.173. The summed E-state index contributed by atoms with van der Waals surface area (Å²) in [6, 6.07) is 9.44. The number of aliphatic hydroxyl groups is 1. The maximum absolute atomic E-state index is 10.2. The number of benzene rings is 1. The van der Waals surface area contributed by atoms with E-state index in [1.165, 1.54) is 0 Å². The van der Waals surface area contributed by atoms with Crippen LogP contribution in [0.15, 0.2) is 45.5 Å². The van der Waals surface area contributed by atoms with E-state index in [1.54, 1.807) is 13.3 Å². The molecule has 1 N–H and O–H groups in total. The lowest BCUT2D eigenvalue weighted by Crippen LogP contribution is -2.04. The van der Waals surface area contributed by atoms with Gasteiger partial charge in [0.05, 0.1) is 23.4 Å². The Labute approximate surface area is 128 Å². The first kappa shape index (κ1) is 14.5. The highest BCUT2D eigenvalue weighted by Crippen LogP contribution is 2.27. The van der Waals surface area contributed by atoms with E-state index in [1.807, 2.05) is 30.3 Å². The molecule has 3 nitrogen and oxygen atoms in total. The normalized spacial score (nSPS) is 12.2. The van der Waals surface area contributed by atoms with Crippen LogP contribution < -0.4 is 4.74 Å². The number of aliphatic hydroxyl groups excluding tert-OH is 1. The third-order valence-electron chi connectivity index (χ3n) is 2.74. The van der Waals surface area contributed by atoms with Gasteiger partial charge in [-0.05, 0) is 61.7 Å². The zero-order valence-electron chi connectivity index (χ0n) is 10.3. The fourth-order valence-corrected chi connectivity index (χ4v) is 2.57. The number of nitrogens with zero attached hydrogens (tertiary/aromatic N) is 1. The van der Waals surface area contributed by atoms with E-state index in [-0.39, 0.29) is 0 Å².